The quantitative estimate of drug-likeness (QED) is 0.583. The van der Waals surface area contributed by atoms with Crippen molar-refractivity contribution in [3.63, 3.8) is 0 Å². The molecule has 1 aromatic rings. The molecule has 2 aliphatic rings. The van der Waals surface area contributed by atoms with Crippen LogP contribution < -0.4 is 0 Å². The lowest BCUT2D eigenvalue weighted by atomic mass is 9.87. The van der Waals surface area contributed by atoms with Gasteiger partial charge >= 0.3 is 0 Å². The first-order valence-electron chi connectivity index (χ1n) is 5.36. The Morgan fingerprint density at radius 2 is 1.82 bits per heavy atom. The van der Waals surface area contributed by atoms with Gasteiger partial charge in [-0.05, 0) is 0 Å². The van der Waals surface area contributed by atoms with Crippen molar-refractivity contribution in [2.24, 2.45) is 0 Å². The highest BCUT2D eigenvalue weighted by atomic mass is 127. The summed E-state index contributed by atoms with van der Waals surface area (Å²) in [6, 6.07) is 6.93. The molecule has 1 unspecified atom stereocenters. The van der Waals surface area contributed by atoms with Crippen molar-refractivity contribution >= 4 is 34.2 Å². The number of hydrogen-bond donors (Lipinski definition) is 0. The molecule has 1 aliphatic heterocycles. The van der Waals surface area contributed by atoms with Gasteiger partial charge in [-0.25, -0.2) is 0 Å². The maximum Gasteiger partial charge on any atom is 0.228 e. The Bertz CT molecular complexity index is 513. The Balaban J connectivity index is 2.11. The second-order valence-corrected chi connectivity index (χ2v) is 4.99. The van der Waals surface area contributed by atoms with Crippen molar-refractivity contribution in [2.45, 2.75) is 12.5 Å². The molecule has 0 saturated heterocycles. The molecule has 4 heteroatoms. The topological polar surface area (TPSA) is 43.4 Å². The Kier molecular flexibility index (Phi) is 2.54. The molecule has 0 N–H and O–H groups in total. The van der Waals surface area contributed by atoms with Gasteiger partial charge in [0.15, 0.2) is 11.5 Å². The Morgan fingerprint density at radius 3 is 2.47 bits per heavy atom. The van der Waals surface area contributed by atoms with E-state index in [0.717, 1.165) is 4.43 Å². The van der Waals surface area contributed by atoms with Gasteiger partial charge < -0.3 is 4.74 Å². The van der Waals surface area contributed by atoms with Crippen molar-refractivity contribution in [3.8, 4) is 0 Å². The van der Waals surface area contributed by atoms with Gasteiger partial charge in [-0.1, -0.05) is 46.9 Å². The summed E-state index contributed by atoms with van der Waals surface area (Å²) in [6.45, 7) is 0. The van der Waals surface area contributed by atoms with Crippen molar-refractivity contribution in [2.75, 3.05) is 4.43 Å². The molecule has 0 saturated carbocycles. The fourth-order valence-corrected chi connectivity index (χ4v) is 2.73. The molecular formula is C13H9IO3. The second kappa shape index (κ2) is 3.94. The van der Waals surface area contributed by atoms with Crippen LogP contribution >= 0.6 is 22.6 Å². The third-order valence-corrected chi connectivity index (χ3v) is 4.04. The van der Waals surface area contributed by atoms with E-state index in [2.05, 4.69) is 22.6 Å². The van der Waals surface area contributed by atoms with E-state index in [4.69, 9.17) is 4.74 Å². The number of Topliss-reactive ketones (excluding diaryl/α,β-unsaturated/α-hetero) is 2. The molecule has 0 amide bonds. The highest BCUT2D eigenvalue weighted by Crippen LogP contribution is 2.35. The zero-order valence-electron chi connectivity index (χ0n) is 8.90. The van der Waals surface area contributed by atoms with Crippen LogP contribution in [-0.2, 0) is 4.74 Å². The molecule has 1 aromatic carbocycles. The molecule has 3 nitrogen and oxygen atoms in total. The van der Waals surface area contributed by atoms with Crippen molar-refractivity contribution in [1.29, 1.82) is 0 Å². The van der Waals surface area contributed by atoms with Crippen LogP contribution in [0, 0.1) is 0 Å². The first kappa shape index (κ1) is 11.0. The molecule has 0 aromatic heterocycles. The van der Waals surface area contributed by atoms with Crippen LogP contribution in [0.5, 0.6) is 0 Å². The number of hydrogen-bond acceptors (Lipinski definition) is 3. The number of carbonyl (C=O) groups excluding carboxylic acids is 2. The number of carbonyl (C=O) groups is 2. The zero-order valence-corrected chi connectivity index (χ0v) is 11.1. The van der Waals surface area contributed by atoms with Gasteiger partial charge in [-0.15, -0.1) is 0 Å². The summed E-state index contributed by atoms with van der Waals surface area (Å²) in [5, 5.41) is 0. The van der Waals surface area contributed by atoms with Crippen LogP contribution in [0.1, 0.15) is 27.1 Å². The Labute approximate surface area is 112 Å². The van der Waals surface area contributed by atoms with Gasteiger partial charge in [-0.2, -0.15) is 0 Å². The summed E-state index contributed by atoms with van der Waals surface area (Å²) in [6.07, 6.45) is 0.514. The summed E-state index contributed by atoms with van der Waals surface area (Å²) in [5.41, 5.74) is 1.52. The van der Waals surface area contributed by atoms with Gasteiger partial charge in [0.2, 0.25) is 5.78 Å². The second-order valence-electron chi connectivity index (χ2n) is 4.11. The first-order valence-corrected chi connectivity index (χ1v) is 6.89. The van der Waals surface area contributed by atoms with Crippen LogP contribution in [-0.4, -0.2) is 22.1 Å². The normalized spacial score (nSPS) is 22.3. The van der Waals surface area contributed by atoms with E-state index < -0.39 is 0 Å². The number of rotatable bonds is 1. The van der Waals surface area contributed by atoms with Gasteiger partial charge in [0.05, 0.1) is 0 Å². The molecule has 1 atom stereocenters. The number of fused-ring (bicyclic) bond motifs is 1. The number of allylic oxidation sites excluding steroid dienone is 1. The number of benzene rings is 1. The van der Waals surface area contributed by atoms with Crippen LogP contribution in [0.4, 0.5) is 0 Å². The minimum atomic E-state index is -0.150. The average Bonchev–Trinajstić information content (AvgIpc) is 2.80. The summed E-state index contributed by atoms with van der Waals surface area (Å²) >= 11 is 2.20. The van der Waals surface area contributed by atoms with Crippen molar-refractivity contribution < 1.29 is 14.3 Å². The molecule has 1 aliphatic carbocycles. The number of halogens is 1. The van der Waals surface area contributed by atoms with E-state index in [1.165, 1.54) is 0 Å². The van der Waals surface area contributed by atoms with Crippen molar-refractivity contribution in [1.82, 2.24) is 0 Å². The Hall–Kier alpha value is -1.17. The SMILES string of the molecule is O=C1C2=C(OC(CI)C2)C(=O)c2ccccc21. The molecule has 17 heavy (non-hydrogen) atoms. The maximum atomic E-state index is 12.2. The molecule has 0 radical (unpaired) electrons. The summed E-state index contributed by atoms with van der Waals surface area (Å²) in [4.78, 5) is 24.4. The maximum absolute atomic E-state index is 12.2. The van der Waals surface area contributed by atoms with E-state index in [9.17, 15) is 9.59 Å². The van der Waals surface area contributed by atoms with Crippen LogP contribution in [0.3, 0.4) is 0 Å². The molecule has 3 rings (SSSR count). The number of ether oxygens (including phenoxy) is 1. The molecular weight excluding hydrogens is 331 g/mol. The van der Waals surface area contributed by atoms with E-state index in [-0.39, 0.29) is 23.4 Å². The minimum Gasteiger partial charge on any atom is -0.485 e. The lowest BCUT2D eigenvalue weighted by Crippen LogP contribution is -2.19. The largest absolute Gasteiger partial charge is 0.485 e. The number of ketones is 2. The van der Waals surface area contributed by atoms with Crippen LogP contribution in [0.2, 0.25) is 0 Å². The average molecular weight is 340 g/mol. The zero-order chi connectivity index (χ0) is 12.0. The molecule has 1 heterocycles. The van der Waals surface area contributed by atoms with E-state index in [0.29, 0.717) is 23.1 Å². The minimum absolute atomic E-state index is 0.0391. The van der Waals surface area contributed by atoms with E-state index >= 15 is 0 Å². The lowest BCUT2D eigenvalue weighted by Gasteiger charge is -2.14. The van der Waals surface area contributed by atoms with Gasteiger partial charge in [0, 0.05) is 27.5 Å². The molecule has 0 spiro atoms. The highest BCUT2D eigenvalue weighted by Gasteiger charge is 2.39. The van der Waals surface area contributed by atoms with Gasteiger partial charge in [0.25, 0.3) is 0 Å². The predicted octanol–water partition coefficient (Wildman–Crippen LogP) is 2.54. The van der Waals surface area contributed by atoms with E-state index in [1.54, 1.807) is 24.3 Å². The smallest absolute Gasteiger partial charge is 0.228 e. The van der Waals surface area contributed by atoms with Gasteiger partial charge in [0.1, 0.15) is 6.10 Å². The molecule has 0 bridgehead atoms. The summed E-state index contributed by atoms with van der Waals surface area (Å²) in [7, 11) is 0. The summed E-state index contributed by atoms with van der Waals surface area (Å²) < 4.78 is 6.34. The monoisotopic (exact) mass is 340 g/mol. The fraction of sp³-hybridized carbons (Fsp3) is 0.231. The fourth-order valence-electron chi connectivity index (χ4n) is 2.24. The third kappa shape index (κ3) is 1.54. The van der Waals surface area contributed by atoms with E-state index in [1.807, 2.05) is 0 Å². The molecule has 0 fully saturated rings. The Morgan fingerprint density at radius 1 is 1.18 bits per heavy atom. The summed E-state index contributed by atoms with van der Waals surface area (Å²) in [5.74, 6) is 0.0699. The highest BCUT2D eigenvalue weighted by molar-refractivity contribution is 14.1. The molecule has 86 valence electrons. The standard InChI is InChI=1S/C13H9IO3/c14-6-7-5-10-11(15)8-3-1-2-4-9(8)12(16)13(10)17-7/h1-4,7H,5-6H2. The van der Waals surface area contributed by atoms with Crippen LogP contribution in [0.15, 0.2) is 35.6 Å². The lowest BCUT2D eigenvalue weighted by molar-refractivity contribution is 0.0868. The van der Waals surface area contributed by atoms with Gasteiger partial charge in [-0.3, -0.25) is 9.59 Å². The third-order valence-electron chi connectivity index (χ3n) is 3.06. The number of alkyl halides is 1. The van der Waals surface area contributed by atoms with Crippen LogP contribution in [0.25, 0.3) is 0 Å². The predicted molar refractivity (Wildman–Crippen MR) is 70.5 cm³/mol. The van der Waals surface area contributed by atoms with Crippen molar-refractivity contribution in [3.05, 3.63) is 46.7 Å². The first-order chi connectivity index (χ1) is 8.22.